The predicted octanol–water partition coefficient (Wildman–Crippen LogP) is 4.99. The van der Waals surface area contributed by atoms with E-state index >= 15 is 0 Å². The van der Waals surface area contributed by atoms with E-state index < -0.39 is 0 Å². The average molecular weight is 297 g/mol. The second-order valence-electron chi connectivity index (χ2n) is 5.37. The minimum Gasteiger partial charge on any atom is -0.419 e. The fourth-order valence-corrected chi connectivity index (χ4v) is 2.33. The highest BCUT2D eigenvalue weighted by molar-refractivity contribution is 5.58. The highest BCUT2D eigenvalue weighted by Gasteiger charge is 2.13. The van der Waals surface area contributed by atoms with Gasteiger partial charge in [-0.1, -0.05) is 57.2 Å². The largest absolute Gasteiger partial charge is 0.419 e. The molecule has 1 N–H and O–H groups in total. The molecule has 0 atom stereocenters. The zero-order valence-corrected chi connectivity index (χ0v) is 13.1. The van der Waals surface area contributed by atoms with Gasteiger partial charge >= 0.3 is 0 Å². The first-order valence-corrected chi connectivity index (χ1v) is 8.05. The Morgan fingerprint density at radius 2 is 1.82 bits per heavy atom. The van der Waals surface area contributed by atoms with Crippen molar-refractivity contribution in [3.8, 4) is 17.5 Å². The first-order valence-electron chi connectivity index (χ1n) is 8.05. The molecule has 0 radical (unpaired) electrons. The summed E-state index contributed by atoms with van der Waals surface area (Å²) in [6, 6.07) is 11.7. The van der Waals surface area contributed by atoms with Crippen LogP contribution in [0.15, 0.2) is 34.7 Å². The van der Waals surface area contributed by atoms with Crippen LogP contribution in [0, 0.1) is 11.3 Å². The molecule has 116 valence electrons. The maximum Gasteiger partial charge on any atom is 0.232 e. The topological polar surface area (TPSA) is 61.9 Å². The summed E-state index contributed by atoms with van der Waals surface area (Å²) >= 11 is 0. The molecule has 1 aromatic carbocycles. The smallest absolute Gasteiger partial charge is 0.232 e. The lowest BCUT2D eigenvalue weighted by atomic mass is 10.1. The van der Waals surface area contributed by atoms with Crippen LogP contribution in [0.1, 0.15) is 51.1 Å². The third-order valence-electron chi connectivity index (χ3n) is 3.57. The van der Waals surface area contributed by atoms with Crippen molar-refractivity contribution in [3.63, 3.8) is 0 Å². The summed E-state index contributed by atoms with van der Waals surface area (Å²) in [6.45, 7) is 3.03. The van der Waals surface area contributed by atoms with Crippen LogP contribution in [-0.2, 0) is 0 Å². The molecule has 0 unspecified atom stereocenters. The lowest BCUT2D eigenvalue weighted by molar-refractivity contribution is 0.577. The minimum atomic E-state index is 0.324. The van der Waals surface area contributed by atoms with Gasteiger partial charge in [-0.25, -0.2) is 0 Å². The number of unbranched alkanes of at least 4 members (excludes halogenated alkanes) is 5. The average Bonchev–Trinajstić information content (AvgIpc) is 2.98. The van der Waals surface area contributed by atoms with E-state index in [1.807, 2.05) is 30.3 Å². The standard InChI is InChI=1S/C18H23N3O/c1-2-3-4-5-6-10-13-20-18-16(14-19)21-17(22-18)15-11-8-7-9-12-15/h7-9,11-12,20H,2-6,10,13H2,1H3. The number of aromatic nitrogens is 1. The summed E-state index contributed by atoms with van der Waals surface area (Å²) in [5.74, 6) is 0.970. The first kappa shape index (κ1) is 16.1. The van der Waals surface area contributed by atoms with Gasteiger partial charge in [-0.2, -0.15) is 10.2 Å². The molecule has 4 heteroatoms. The van der Waals surface area contributed by atoms with Gasteiger partial charge in [0.15, 0.2) is 0 Å². The van der Waals surface area contributed by atoms with E-state index in [0.29, 0.717) is 17.5 Å². The van der Waals surface area contributed by atoms with Crippen LogP contribution in [0.25, 0.3) is 11.5 Å². The van der Waals surface area contributed by atoms with Crippen molar-refractivity contribution in [2.45, 2.75) is 45.4 Å². The van der Waals surface area contributed by atoms with E-state index in [1.165, 1.54) is 32.1 Å². The van der Waals surface area contributed by atoms with Gasteiger partial charge in [-0.3, -0.25) is 0 Å². The quantitative estimate of drug-likeness (QED) is 0.663. The summed E-state index contributed by atoms with van der Waals surface area (Å²) in [6.07, 6.45) is 7.44. The van der Waals surface area contributed by atoms with Crippen LogP contribution in [0.5, 0.6) is 0 Å². The molecule has 0 amide bonds. The molecule has 0 spiro atoms. The molecule has 0 bridgehead atoms. The summed E-state index contributed by atoms with van der Waals surface area (Å²) in [4.78, 5) is 4.25. The van der Waals surface area contributed by atoms with Gasteiger partial charge < -0.3 is 9.73 Å². The zero-order chi connectivity index (χ0) is 15.6. The maximum absolute atomic E-state index is 9.17. The molecule has 2 aromatic rings. The summed E-state index contributed by atoms with van der Waals surface area (Å²) in [5, 5.41) is 12.4. The van der Waals surface area contributed by atoms with Crippen molar-refractivity contribution in [2.75, 3.05) is 11.9 Å². The Bertz CT molecular complexity index is 599. The van der Waals surface area contributed by atoms with Gasteiger partial charge in [-0.05, 0) is 18.6 Å². The van der Waals surface area contributed by atoms with Crippen molar-refractivity contribution in [2.24, 2.45) is 0 Å². The number of benzene rings is 1. The van der Waals surface area contributed by atoms with Gasteiger partial charge in [0.05, 0.1) is 0 Å². The lowest BCUT2D eigenvalue weighted by Crippen LogP contribution is -2.01. The molecule has 0 aliphatic heterocycles. The third-order valence-corrected chi connectivity index (χ3v) is 3.57. The van der Waals surface area contributed by atoms with Crippen LogP contribution in [0.4, 0.5) is 5.88 Å². The van der Waals surface area contributed by atoms with E-state index in [9.17, 15) is 0 Å². The van der Waals surface area contributed by atoms with E-state index in [4.69, 9.17) is 9.68 Å². The Morgan fingerprint density at radius 1 is 1.09 bits per heavy atom. The maximum atomic E-state index is 9.17. The van der Waals surface area contributed by atoms with E-state index in [1.54, 1.807) is 0 Å². The van der Waals surface area contributed by atoms with Crippen LogP contribution >= 0.6 is 0 Å². The van der Waals surface area contributed by atoms with Crippen molar-refractivity contribution in [1.29, 1.82) is 5.26 Å². The SMILES string of the molecule is CCCCCCCCNc1oc(-c2ccccc2)nc1C#N. The number of anilines is 1. The van der Waals surface area contributed by atoms with Gasteiger partial charge in [0.25, 0.3) is 0 Å². The van der Waals surface area contributed by atoms with Crippen molar-refractivity contribution < 1.29 is 4.42 Å². The normalized spacial score (nSPS) is 10.4. The number of oxazole rings is 1. The number of nitrogens with one attached hydrogen (secondary N) is 1. The first-order chi connectivity index (χ1) is 10.8. The Labute approximate surface area is 132 Å². The number of rotatable bonds is 9. The van der Waals surface area contributed by atoms with Crippen LogP contribution in [0.2, 0.25) is 0 Å². The Hall–Kier alpha value is -2.28. The molecular formula is C18H23N3O. The Morgan fingerprint density at radius 3 is 2.55 bits per heavy atom. The van der Waals surface area contributed by atoms with E-state index in [-0.39, 0.29) is 0 Å². The van der Waals surface area contributed by atoms with Crippen molar-refractivity contribution in [1.82, 2.24) is 4.98 Å². The Balaban J connectivity index is 1.86. The van der Waals surface area contributed by atoms with Crippen LogP contribution in [0.3, 0.4) is 0 Å². The molecular weight excluding hydrogens is 274 g/mol. The molecule has 0 saturated carbocycles. The highest BCUT2D eigenvalue weighted by Crippen LogP contribution is 2.25. The lowest BCUT2D eigenvalue weighted by Gasteiger charge is -2.03. The monoisotopic (exact) mass is 297 g/mol. The molecule has 1 heterocycles. The summed E-state index contributed by atoms with van der Waals surface area (Å²) < 4.78 is 5.69. The van der Waals surface area contributed by atoms with Gasteiger partial charge in [0, 0.05) is 12.1 Å². The molecule has 0 aliphatic rings. The fourth-order valence-electron chi connectivity index (χ4n) is 2.33. The number of nitrogens with zero attached hydrogens (tertiary/aromatic N) is 2. The molecule has 0 saturated heterocycles. The second kappa shape index (κ2) is 8.89. The van der Waals surface area contributed by atoms with Crippen molar-refractivity contribution >= 4 is 5.88 Å². The predicted molar refractivity (Wildman–Crippen MR) is 88.5 cm³/mol. The van der Waals surface area contributed by atoms with Gasteiger partial charge in [0.1, 0.15) is 6.07 Å². The molecule has 22 heavy (non-hydrogen) atoms. The third kappa shape index (κ3) is 4.63. The summed E-state index contributed by atoms with van der Waals surface area (Å²) in [7, 11) is 0. The van der Waals surface area contributed by atoms with Crippen LogP contribution in [-0.4, -0.2) is 11.5 Å². The number of hydrogen-bond acceptors (Lipinski definition) is 4. The molecule has 0 fully saturated rings. The number of hydrogen-bond donors (Lipinski definition) is 1. The Kier molecular flexibility index (Phi) is 6.50. The summed E-state index contributed by atoms with van der Waals surface area (Å²) in [5.41, 5.74) is 1.21. The minimum absolute atomic E-state index is 0.324. The zero-order valence-electron chi connectivity index (χ0n) is 13.1. The van der Waals surface area contributed by atoms with E-state index in [0.717, 1.165) is 18.5 Å². The highest BCUT2D eigenvalue weighted by atomic mass is 16.4. The number of nitriles is 1. The van der Waals surface area contributed by atoms with Gasteiger partial charge in [-0.15, -0.1) is 0 Å². The van der Waals surface area contributed by atoms with E-state index in [2.05, 4.69) is 23.3 Å². The second-order valence-corrected chi connectivity index (χ2v) is 5.37. The van der Waals surface area contributed by atoms with Crippen LogP contribution < -0.4 is 5.32 Å². The fraction of sp³-hybridized carbons (Fsp3) is 0.444. The molecule has 0 aliphatic carbocycles. The van der Waals surface area contributed by atoms with Crippen molar-refractivity contribution in [3.05, 3.63) is 36.0 Å². The van der Waals surface area contributed by atoms with Gasteiger partial charge in [0.2, 0.25) is 17.5 Å². The molecule has 4 nitrogen and oxygen atoms in total. The molecule has 1 aromatic heterocycles. The molecule has 2 rings (SSSR count).